The topological polar surface area (TPSA) is 69.7 Å². The van der Waals surface area contributed by atoms with E-state index in [1.54, 1.807) is 4.90 Å². The fourth-order valence-corrected chi connectivity index (χ4v) is 4.10. The lowest BCUT2D eigenvalue weighted by atomic mass is 10.3. The first kappa shape index (κ1) is 13.6. The summed E-state index contributed by atoms with van der Waals surface area (Å²) < 4.78 is 22.7. The van der Waals surface area contributed by atoms with Crippen LogP contribution in [-0.2, 0) is 9.84 Å². The van der Waals surface area contributed by atoms with Crippen molar-refractivity contribution in [1.82, 2.24) is 15.1 Å². The van der Waals surface area contributed by atoms with Crippen LogP contribution in [0.15, 0.2) is 0 Å². The van der Waals surface area contributed by atoms with E-state index in [0.717, 1.165) is 26.1 Å². The molecule has 0 aromatic carbocycles. The van der Waals surface area contributed by atoms with Crippen LogP contribution in [0.5, 0.6) is 0 Å². The Hall–Kier alpha value is -0.820. The van der Waals surface area contributed by atoms with E-state index in [1.165, 1.54) is 0 Å². The van der Waals surface area contributed by atoms with E-state index in [4.69, 9.17) is 0 Å². The first-order chi connectivity index (χ1) is 8.46. The maximum Gasteiger partial charge on any atom is 0.317 e. The lowest BCUT2D eigenvalue weighted by Gasteiger charge is -2.23. The van der Waals surface area contributed by atoms with Crippen molar-refractivity contribution >= 4 is 15.9 Å². The standard InChI is InChI=1S/C11H21N3O3S/c1-13-4-2-5-14(7-6-13)11(15)12-10-3-8-18(16,17)9-10/h10H,2-9H2,1H3,(H,12,15)/t10-/m1/s1. The van der Waals surface area contributed by atoms with Crippen molar-refractivity contribution in [2.45, 2.75) is 18.9 Å². The predicted molar refractivity (Wildman–Crippen MR) is 69.3 cm³/mol. The van der Waals surface area contributed by atoms with Crippen LogP contribution in [0.1, 0.15) is 12.8 Å². The highest BCUT2D eigenvalue weighted by molar-refractivity contribution is 7.91. The van der Waals surface area contributed by atoms with Gasteiger partial charge in [0.15, 0.2) is 9.84 Å². The number of rotatable bonds is 1. The monoisotopic (exact) mass is 275 g/mol. The van der Waals surface area contributed by atoms with Crippen LogP contribution in [0.2, 0.25) is 0 Å². The SMILES string of the molecule is CN1CCCN(C(=O)N[C@@H]2CCS(=O)(=O)C2)CC1. The summed E-state index contributed by atoms with van der Waals surface area (Å²) >= 11 is 0. The molecule has 2 saturated heterocycles. The average molecular weight is 275 g/mol. The number of carbonyl (C=O) groups is 1. The van der Waals surface area contributed by atoms with Gasteiger partial charge in [0, 0.05) is 25.7 Å². The van der Waals surface area contributed by atoms with E-state index >= 15 is 0 Å². The zero-order chi connectivity index (χ0) is 13.2. The van der Waals surface area contributed by atoms with Gasteiger partial charge in [-0.3, -0.25) is 0 Å². The lowest BCUT2D eigenvalue weighted by Crippen LogP contribution is -2.46. The molecule has 0 radical (unpaired) electrons. The quantitative estimate of drug-likeness (QED) is 0.702. The third-order valence-electron chi connectivity index (χ3n) is 3.57. The summed E-state index contributed by atoms with van der Waals surface area (Å²) in [6.45, 7) is 3.33. The summed E-state index contributed by atoms with van der Waals surface area (Å²) in [4.78, 5) is 16.0. The summed E-state index contributed by atoms with van der Waals surface area (Å²) in [6, 6.07) is -0.323. The minimum absolute atomic E-state index is 0.0898. The number of likely N-dealkylation sites (N-methyl/N-ethyl adjacent to an activating group) is 1. The zero-order valence-electron chi connectivity index (χ0n) is 10.8. The third-order valence-corrected chi connectivity index (χ3v) is 5.33. The van der Waals surface area contributed by atoms with Gasteiger partial charge < -0.3 is 15.1 Å². The molecule has 0 aliphatic carbocycles. The molecule has 2 aliphatic heterocycles. The minimum atomic E-state index is -2.93. The lowest BCUT2D eigenvalue weighted by molar-refractivity contribution is 0.196. The van der Waals surface area contributed by atoms with Crippen LogP contribution in [-0.4, -0.2) is 75.0 Å². The van der Waals surface area contributed by atoms with Gasteiger partial charge in [0.2, 0.25) is 0 Å². The molecule has 1 N–H and O–H groups in total. The molecule has 0 aromatic rings. The molecule has 6 nitrogen and oxygen atoms in total. The Morgan fingerprint density at radius 3 is 2.67 bits per heavy atom. The second-order valence-electron chi connectivity index (χ2n) is 5.19. The Balaban J connectivity index is 1.84. The van der Waals surface area contributed by atoms with Gasteiger partial charge in [0.25, 0.3) is 0 Å². The second-order valence-corrected chi connectivity index (χ2v) is 7.42. The van der Waals surface area contributed by atoms with Crippen LogP contribution >= 0.6 is 0 Å². The van der Waals surface area contributed by atoms with Crippen molar-refractivity contribution in [2.24, 2.45) is 0 Å². The molecule has 1 atom stereocenters. The van der Waals surface area contributed by atoms with Crippen LogP contribution in [0.3, 0.4) is 0 Å². The molecule has 2 aliphatic rings. The summed E-state index contributed by atoms with van der Waals surface area (Å²) in [6.07, 6.45) is 1.51. The molecule has 2 heterocycles. The van der Waals surface area contributed by atoms with Gasteiger partial charge in [0.05, 0.1) is 11.5 Å². The molecule has 7 heteroatoms. The number of hydrogen-bond acceptors (Lipinski definition) is 4. The number of sulfone groups is 1. The van der Waals surface area contributed by atoms with Gasteiger partial charge >= 0.3 is 6.03 Å². The smallest absolute Gasteiger partial charge is 0.317 e. The molecule has 0 bridgehead atoms. The Labute approximate surface area is 108 Å². The number of nitrogens with zero attached hydrogens (tertiary/aromatic N) is 2. The highest BCUT2D eigenvalue weighted by atomic mass is 32.2. The molecular formula is C11H21N3O3S. The van der Waals surface area contributed by atoms with Crippen LogP contribution in [0.4, 0.5) is 4.79 Å². The van der Waals surface area contributed by atoms with Crippen LogP contribution in [0.25, 0.3) is 0 Å². The molecule has 0 unspecified atom stereocenters. The van der Waals surface area contributed by atoms with Crippen molar-refractivity contribution < 1.29 is 13.2 Å². The minimum Gasteiger partial charge on any atom is -0.334 e. The largest absolute Gasteiger partial charge is 0.334 e. The summed E-state index contributed by atoms with van der Waals surface area (Å²) in [5.74, 6) is 0.285. The van der Waals surface area contributed by atoms with Gasteiger partial charge in [-0.15, -0.1) is 0 Å². The van der Waals surface area contributed by atoms with E-state index < -0.39 is 9.84 Å². The number of carbonyl (C=O) groups excluding carboxylic acids is 1. The molecule has 104 valence electrons. The number of nitrogens with one attached hydrogen (secondary N) is 1. The Morgan fingerprint density at radius 2 is 2.00 bits per heavy atom. The van der Waals surface area contributed by atoms with Gasteiger partial charge in [0.1, 0.15) is 0 Å². The fourth-order valence-electron chi connectivity index (χ4n) is 2.42. The van der Waals surface area contributed by atoms with E-state index in [-0.39, 0.29) is 23.6 Å². The summed E-state index contributed by atoms with van der Waals surface area (Å²) in [7, 11) is -0.883. The second kappa shape index (κ2) is 5.44. The normalized spacial score (nSPS) is 28.9. The molecule has 2 fully saturated rings. The maximum absolute atomic E-state index is 12.0. The number of hydrogen-bond donors (Lipinski definition) is 1. The molecule has 2 rings (SSSR count). The predicted octanol–water partition coefficient (Wildman–Crippen LogP) is -0.479. The van der Waals surface area contributed by atoms with Crippen molar-refractivity contribution in [3.8, 4) is 0 Å². The molecule has 18 heavy (non-hydrogen) atoms. The van der Waals surface area contributed by atoms with E-state index in [2.05, 4.69) is 10.2 Å². The van der Waals surface area contributed by atoms with Crippen LogP contribution < -0.4 is 5.32 Å². The van der Waals surface area contributed by atoms with Crippen molar-refractivity contribution in [1.29, 1.82) is 0 Å². The van der Waals surface area contributed by atoms with Crippen molar-refractivity contribution in [3.63, 3.8) is 0 Å². The fraction of sp³-hybridized carbons (Fsp3) is 0.909. The maximum atomic E-state index is 12.0. The van der Waals surface area contributed by atoms with E-state index in [1.807, 2.05) is 7.05 Å². The van der Waals surface area contributed by atoms with Gasteiger partial charge in [-0.25, -0.2) is 13.2 Å². The highest BCUT2D eigenvalue weighted by Crippen LogP contribution is 2.12. The van der Waals surface area contributed by atoms with Crippen LogP contribution in [0, 0.1) is 0 Å². The van der Waals surface area contributed by atoms with E-state index in [0.29, 0.717) is 13.0 Å². The first-order valence-corrected chi connectivity index (χ1v) is 8.23. The molecule has 0 spiro atoms. The Morgan fingerprint density at radius 1 is 1.22 bits per heavy atom. The zero-order valence-corrected chi connectivity index (χ0v) is 11.6. The average Bonchev–Trinajstić information content (AvgIpc) is 2.50. The first-order valence-electron chi connectivity index (χ1n) is 6.41. The third kappa shape index (κ3) is 3.58. The van der Waals surface area contributed by atoms with E-state index in [9.17, 15) is 13.2 Å². The Bertz CT molecular complexity index is 410. The van der Waals surface area contributed by atoms with Gasteiger partial charge in [-0.05, 0) is 26.4 Å². The highest BCUT2D eigenvalue weighted by Gasteiger charge is 2.30. The summed E-state index contributed by atoms with van der Waals surface area (Å²) in [5, 5.41) is 2.84. The molecular weight excluding hydrogens is 254 g/mol. The molecule has 0 saturated carbocycles. The van der Waals surface area contributed by atoms with Gasteiger partial charge in [-0.1, -0.05) is 0 Å². The number of urea groups is 1. The van der Waals surface area contributed by atoms with Crippen molar-refractivity contribution in [2.75, 3.05) is 44.7 Å². The molecule has 2 amide bonds. The number of amides is 2. The Kier molecular flexibility index (Phi) is 4.11. The molecule has 0 aromatic heterocycles. The van der Waals surface area contributed by atoms with Gasteiger partial charge in [-0.2, -0.15) is 0 Å². The summed E-state index contributed by atoms with van der Waals surface area (Å²) in [5.41, 5.74) is 0. The van der Waals surface area contributed by atoms with Crippen molar-refractivity contribution in [3.05, 3.63) is 0 Å².